The van der Waals surface area contributed by atoms with Gasteiger partial charge in [-0.2, -0.15) is 0 Å². The third kappa shape index (κ3) is 3.14. The molecule has 1 atom stereocenters. The van der Waals surface area contributed by atoms with Gasteiger partial charge in [-0.15, -0.1) is 0 Å². The number of likely N-dealkylation sites (N-methyl/N-ethyl adjacent to an activating group) is 1. The van der Waals surface area contributed by atoms with E-state index in [-0.39, 0.29) is 11.9 Å². The van der Waals surface area contributed by atoms with Crippen molar-refractivity contribution in [2.45, 2.75) is 13.0 Å². The summed E-state index contributed by atoms with van der Waals surface area (Å²) in [6.07, 6.45) is 1.74. The van der Waals surface area contributed by atoms with Crippen LogP contribution >= 0.6 is 0 Å². The zero-order chi connectivity index (χ0) is 10.4. The number of nitrogens with one attached hydrogen (secondary N) is 2. The number of hydrogen-bond donors (Lipinski definition) is 2. The molecule has 1 rings (SSSR count). The van der Waals surface area contributed by atoms with Gasteiger partial charge in [-0.25, -0.2) is 0 Å². The molecule has 0 radical (unpaired) electrons. The van der Waals surface area contributed by atoms with Gasteiger partial charge in [0.25, 0.3) is 0 Å². The maximum Gasteiger partial charge on any atom is 0.233 e. The van der Waals surface area contributed by atoms with Crippen LogP contribution in [-0.2, 0) is 4.79 Å². The lowest BCUT2D eigenvalue weighted by atomic mass is 10.2. The summed E-state index contributed by atoms with van der Waals surface area (Å²) in [6, 6.07) is 5.82. The molecule has 0 fully saturated rings. The highest BCUT2D eigenvalue weighted by Crippen LogP contribution is 2.06. The van der Waals surface area contributed by atoms with Crippen LogP contribution in [0, 0.1) is 0 Å². The van der Waals surface area contributed by atoms with E-state index in [2.05, 4.69) is 15.6 Å². The molecule has 0 unspecified atom stereocenters. The lowest BCUT2D eigenvalue weighted by Crippen LogP contribution is -2.33. The zero-order valence-electron chi connectivity index (χ0n) is 8.45. The summed E-state index contributed by atoms with van der Waals surface area (Å²) in [7, 11) is 1.62. The van der Waals surface area contributed by atoms with E-state index in [1.807, 2.05) is 25.1 Å². The van der Waals surface area contributed by atoms with Gasteiger partial charge < -0.3 is 10.6 Å². The molecule has 2 N–H and O–H groups in total. The van der Waals surface area contributed by atoms with Gasteiger partial charge in [0.1, 0.15) is 0 Å². The van der Waals surface area contributed by atoms with Gasteiger partial charge in [-0.3, -0.25) is 9.78 Å². The first-order valence-electron chi connectivity index (χ1n) is 4.59. The topological polar surface area (TPSA) is 54.0 Å². The molecule has 1 heterocycles. The van der Waals surface area contributed by atoms with Crippen LogP contribution in [0.1, 0.15) is 18.7 Å². The number of aromatic nitrogens is 1. The van der Waals surface area contributed by atoms with Gasteiger partial charge in [0.2, 0.25) is 5.91 Å². The van der Waals surface area contributed by atoms with Gasteiger partial charge in [-0.1, -0.05) is 6.07 Å². The highest BCUT2D eigenvalue weighted by Gasteiger charge is 2.06. The Morgan fingerprint density at radius 2 is 2.36 bits per heavy atom. The monoisotopic (exact) mass is 193 g/mol. The summed E-state index contributed by atoms with van der Waals surface area (Å²) in [6.45, 7) is 2.29. The van der Waals surface area contributed by atoms with Crippen molar-refractivity contribution in [2.24, 2.45) is 0 Å². The second-order valence-corrected chi connectivity index (χ2v) is 3.03. The van der Waals surface area contributed by atoms with Crippen molar-refractivity contribution in [3.8, 4) is 0 Å². The Morgan fingerprint density at radius 1 is 1.57 bits per heavy atom. The molecule has 0 aliphatic carbocycles. The summed E-state index contributed by atoms with van der Waals surface area (Å²) < 4.78 is 0. The summed E-state index contributed by atoms with van der Waals surface area (Å²) in [5.74, 6) is -0.0206. The normalized spacial score (nSPS) is 12.1. The fourth-order valence-corrected chi connectivity index (χ4v) is 1.07. The van der Waals surface area contributed by atoms with Crippen LogP contribution in [-0.4, -0.2) is 24.5 Å². The van der Waals surface area contributed by atoms with E-state index < -0.39 is 0 Å². The highest BCUT2D eigenvalue weighted by atomic mass is 16.1. The molecule has 0 saturated carbocycles. The second-order valence-electron chi connectivity index (χ2n) is 3.03. The first-order valence-corrected chi connectivity index (χ1v) is 4.59. The third-order valence-corrected chi connectivity index (χ3v) is 1.98. The third-order valence-electron chi connectivity index (χ3n) is 1.98. The van der Waals surface area contributed by atoms with Crippen LogP contribution in [0.4, 0.5) is 0 Å². The largest absolute Gasteiger partial charge is 0.358 e. The summed E-state index contributed by atoms with van der Waals surface area (Å²) in [5, 5.41) is 5.62. The van der Waals surface area contributed by atoms with Crippen molar-refractivity contribution in [1.82, 2.24) is 15.6 Å². The Labute approximate surface area is 83.7 Å². The molecule has 0 aromatic carbocycles. The van der Waals surface area contributed by atoms with E-state index in [9.17, 15) is 4.79 Å². The molecule has 4 heteroatoms. The molecule has 0 spiro atoms. The smallest absolute Gasteiger partial charge is 0.233 e. The van der Waals surface area contributed by atoms with Crippen molar-refractivity contribution < 1.29 is 4.79 Å². The van der Waals surface area contributed by atoms with Crippen LogP contribution < -0.4 is 10.6 Å². The van der Waals surface area contributed by atoms with Crippen molar-refractivity contribution in [2.75, 3.05) is 13.6 Å². The fraction of sp³-hybridized carbons (Fsp3) is 0.400. The number of nitrogens with zero attached hydrogens (tertiary/aromatic N) is 1. The standard InChI is InChI=1S/C10H15N3O/c1-8(13-7-10(14)11-2)9-5-3-4-6-12-9/h3-6,8,13H,7H2,1-2H3,(H,11,14)/t8-/m1/s1. The number of amides is 1. The molecule has 0 aliphatic rings. The Bertz CT molecular complexity index is 287. The van der Waals surface area contributed by atoms with Crippen LogP contribution in [0.3, 0.4) is 0 Å². The average molecular weight is 193 g/mol. The van der Waals surface area contributed by atoms with E-state index in [1.54, 1.807) is 13.2 Å². The number of rotatable bonds is 4. The molecule has 0 aliphatic heterocycles. The molecule has 1 amide bonds. The van der Waals surface area contributed by atoms with E-state index in [1.165, 1.54) is 0 Å². The van der Waals surface area contributed by atoms with Crippen LogP contribution in [0.2, 0.25) is 0 Å². The minimum atomic E-state index is -0.0206. The molecule has 14 heavy (non-hydrogen) atoms. The van der Waals surface area contributed by atoms with Crippen molar-refractivity contribution >= 4 is 5.91 Å². The average Bonchev–Trinajstić information content (AvgIpc) is 2.26. The van der Waals surface area contributed by atoms with Crippen LogP contribution in [0.5, 0.6) is 0 Å². The first-order chi connectivity index (χ1) is 6.74. The lowest BCUT2D eigenvalue weighted by molar-refractivity contribution is -0.119. The van der Waals surface area contributed by atoms with E-state index in [4.69, 9.17) is 0 Å². The minimum absolute atomic E-state index is 0.0206. The van der Waals surface area contributed by atoms with Crippen molar-refractivity contribution in [3.05, 3.63) is 30.1 Å². The quantitative estimate of drug-likeness (QED) is 0.731. The Balaban J connectivity index is 2.43. The summed E-state index contributed by atoms with van der Waals surface area (Å²) in [4.78, 5) is 15.1. The number of carbonyl (C=O) groups excluding carboxylic acids is 1. The van der Waals surface area contributed by atoms with Gasteiger partial charge in [0.05, 0.1) is 12.2 Å². The molecule has 4 nitrogen and oxygen atoms in total. The molecule has 76 valence electrons. The fourth-order valence-electron chi connectivity index (χ4n) is 1.07. The van der Waals surface area contributed by atoms with Gasteiger partial charge >= 0.3 is 0 Å². The Kier molecular flexibility index (Phi) is 4.07. The number of carbonyl (C=O) groups is 1. The Hall–Kier alpha value is -1.42. The molecule has 1 aromatic rings. The van der Waals surface area contributed by atoms with Crippen molar-refractivity contribution in [1.29, 1.82) is 0 Å². The SMILES string of the molecule is CNC(=O)CN[C@H](C)c1ccccn1. The van der Waals surface area contributed by atoms with E-state index in [0.29, 0.717) is 6.54 Å². The van der Waals surface area contributed by atoms with Gasteiger partial charge in [0, 0.05) is 19.3 Å². The molecule has 1 aromatic heterocycles. The molecule has 0 saturated heterocycles. The van der Waals surface area contributed by atoms with Crippen LogP contribution in [0.25, 0.3) is 0 Å². The highest BCUT2D eigenvalue weighted by molar-refractivity contribution is 5.77. The summed E-state index contributed by atoms with van der Waals surface area (Å²) in [5.41, 5.74) is 0.941. The Morgan fingerprint density at radius 3 is 2.93 bits per heavy atom. The molecular weight excluding hydrogens is 178 g/mol. The van der Waals surface area contributed by atoms with Crippen LogP contribution in [0.15, 0.2) is 24.4 Å². The lowest BCUT2D eigenvalue weighted by Gasteiger charge is -2.11. The first kappa shape index (κ1) is 10.7. The predicted molar refractivity (Wildman–Crippen MR) is 54.7 cm³/mol. The number of hydrogen-bond acceptors (Lipinski definition) is 3. The minimum Gasteiger partial charge on any atom is -0.358 e. The van der Waals surface area contributed by atoms with Gasteiger partial charge in [0.15, 0.2) is 0 Å². The second kappa shape index (κ2) is 5.34. The van der Waals surface area contributed by atoms with E-state index in [0.717, 1.165) is 5.69 Å². The van der Waals surface area contributed by atoms with E-state index >= 15 is 0 Å². The summed E-state index contributed by atoms with van der Waals surface area (Å²) >= 11 is 0. The maximum absolute atomic E-state index is 11.0. The maximum atomic E-state index is 11.0. The molecular formula is C10H15N3O. The van der Waals surface area contributed by atoms with Gasteiger partial charge in [-0.05, 0) is 19.1 Å². The zero-order valence-corrected chi connectivity index (χ0v) is 8.45. The molecule has 0 bridgehead atoms. The van der Waals surface area contributed by atoms with Crippen molar-refractivity contribution in [3.63, 3.8) is 0 Å². The predicted octanol–water partition coefficient (Wildman–Crippen LogP) is 0.478. The number of pyridine rings is 1.